The number of pyridine rings is 1. The highest BCUT2D eigenvalue weighted by atomic mass is 19.1. The van der Waals surface area contributed by atoms with Crippen LogP contribution < -0.4 is 10.9 Å². The summed E-state index contributed by atoms with van der Waals surface area (Å²) in [6.45, 7) is 1.59. The van der Waals surface area contributed by atoms with E-state index in [1.807, 2.05) is 0 Å². The van der Waals surface area contributed by atoms with E-state index in [1.54, 1.807) is 19.1 Å². The number of fused-ring (bicyclic) bond motifs is 2. The summed E-state index contributed by atoms with van der Waals surface area (Å²) in [5.74, 6) is -1.94. The number of ether oxygens (including phenoxy) is 1. The van der Waals surface area contributed by atoms with Crippen molar-refractivity contribution >= 4 is 29.1 Å². The van der Waals surface area contributed by atoms with Crippen molar-refractivity contribution in [2.45, 2.75) is 32.5 Å². The lowest BCUT2D eigenvalue weighted by Crippen LogP contribution is -2.37. The Balaban J connectivity index is 1.56. The third-order valence-corrected chi connectivity index (χ3v) is 6.26. The minimum atomic E-state index is -0.591. The highest BCUT2D eigenvalue weighted by Crippen LogP contribution is 2.25. The number of ketones is 1. The van der Waals surface area contributed by atoms with Crippen LogP contribution in [0.3, 0.4) is 0 Å². The van der Waals surface area contributed by atoms with Crippen LogP contribution in [0.5, 0.6) is 0 Å². The van der Waals surface area contributed by atoms with Crippen LogP contribution in [-0.4, -0.2) is 71.6 Å². The summed E-state index contributed by atoms with van der Waals surface area (Å²) >= 11 is 0. The minimum Gasteiger partial charge on any atom is -0.383 e. The van der Waals surface area contributed by atoms with Crippen molar-refractivity contribution in [2.24, 2.45) is 0 Å². The molecule has 0 aromatic carbocycles. The first kappa shape index (κ1) is 25.8. The average molecular weight is 535 g/mol. The van der Waals surface area contributed by atoms with Crippen LogP contribution in [0, 0.1) is 5.82 Å². The molecule has 0 radical (unpaired) electrons. The van der Waals surface area contributed by atoms with Crippen LogP contribution in [-0.2, 0) is 29.0 Å². The fourth-order valence-corrected chi connectivity index (χ4v) is 4.43. The lowest BCUT2D eigenvalue weighted by molar-refractivity contribution is -0.116. The van der Waals surface area contributed by atoms with Crippen molar-refractivity contribution in [1.82, 2.24) is 34.3 Å². The number of hydrogen-bond acceptors (Lipinski definition) is 9. The number of rotatable bonds is 9. The topological polar surface area (TPSA) is 154 Å². The molecule has 0 saturated heterocycles. The summed E-state index contributed by atoms with van der Waals surface area (Å²) in [4.78, 5) is 58.2. The van der Waals surface area contributed by atoms with E-state index in [9.17, 15) is 23.6 Å². The van der Waals surface area contributed by atoms with Gasteiger partial charge in [0.2, 0.25) is 5.91 Å². The van der Waals surface area contributed by atoms with E-state index in [4.69, 9.17) is 4.74 Å². The normalized spacial score (nSPS) is 13.5. The lowest BCUT2D eigenvalue weighted by atomic mass is 10.1. The van der Waals surface area contributed by atoms with E-state index in [0.29, 0.717) is 5.69 Å². The molecule has 0 bridgehead atoms. The van der Waals surface area contributed by atoms with Crippen LogP contribution in [0.2, 0.25) is 0 Å². The Morgan fingerprint density at radius 2 is 2.05 bits per heavy atom. The van der Waals surface area contributed by atoms with Gasteiger partial charge in [0.15, 0.2) is 5.78 Å². The van der Waals surface area contributed by atoms with Crippen molar-refractivity contribution in [2.75, 3.05) is 19.0 Å². The number of carbonyl (C=O) groups excluding carboxylic acids is 3. The maximum atomic E-state index is 13.5. The number of hydrogen-bond donors (Lipinski definition) is 1. The van der Waals surface area contributed by atoms with Crippen molar-refractivity contribution in [3.63, 3.8) is 0 Å². The number of halogens is 1. The van der Waals surface area contributed by atoms with Crippen molar-refractivity contribution in [3.05, 3.63) is 81.5 Å². The fourth-order valence-electron chi connectivity index (χ4n) is 4.43. The van der Waals surface area contributed by atoms with Crippen LogP contribution in [0.1, 0.15) is 39.2 Å². The SMILES string of the molecule is COC[C@H](C)N1Cc2c(n(CC(=O)Nc3ccc(F)cn3)c3cc(C(=O)Cc4cccnn4)nn3c2=O)C1=O. The zero-order valence-electron chi connectivity index (χ0n) is 21.0. The summed E-state index contributed by atoms with van der Waals surface area (Å²) in [5.41, 5.74) is 0.0489. The van der Waals surface area contributed by atoms with E-state index in [0.717, 1.165) is 16.8 Å². The molecule has 5 rings (SSSR count). The molecule has 0 fully saturated rings. The van der Waals surface area contributed by atoms with Gasteiger partial charge in [-0.1, -0.05) is 0 Å². The first-order valence-corrected chi connectivity index (χ1v) is 11.9. The number of anilines is 1. The fraction of sp³-hybridized carbons (Fsp3) is 0.280. The summed E-state index contributed by atoms with van der Waals surface area (Å²) < 4.78 is 20.8. The van der Waals surface area contributed by atoms with Crippen LogP contribution >= 0.6 is 0 Å². The van der Waals surface area contributed by atoms with Crippen LogP contribution in [0.4, 0.5) is 10.2 Å². The van der Waals surface area contributed by atoms with Crippen LogP contribution in [0.25, 0.3) is 5.65 Å². The Labute approximate surface area is 220 Å². The molecule has 14 heteroatoms. The summed E-state index contributed by atoms with van der Waals surface area (Å²) in [6, 6.07) is 6.72. The molecule has 39 heavy (non-hydrogen) atoms. The quantitative estimate of drug-likeness (QED) is 0.308. The van der Waals surface area contributed by atoms with Gasteiger partial charge < -0.3 is 19.5 Å². The van der Waals surface area contributed by atoms with Crippen molar-refractivity contribution in [1.29, 1.82) is 0 Å². The van der Waals surface area contributed by atoms with E-state index in [1.165, 1.54) is 34.9 Å². The summed E-state index contributed by atoms with van der Waals surface area (Å²) in [6.07, 6.45) is 2.33. The van der Waals surface area contributed by atoms with Gasteiger partial charge in [-0.2, -0.15) is 19.8 Å². The Hall–Kier alpha value is -4.85. The van der Waals surface area contributed by atoms with Gasteiger partial charge in [-0.15, -0.1) is 0 Å². The molecular formula is C25H23FN8O5. The first-order chi connectivity index (χ1) is 18.8. The standard InChI is InChI=1S/C25H23FN8O5/c1-14(13-39-2)32-11-17-23(25(32)38)33(12-21(36)29-20-6-5-15(26)10-27-20)22-9-18(31-34(22)24(17)37)19(35)8-16-4-3-7-28-30-16/h3-7,9-10,14H,8,11-13H2,1-2H3,(H,27,29,36)/t14-/m0/s1. The van der Waals surface area contributed by atoms with Gasteiger partial charge in [-0.05, 0) is 31.2 Å². The second-order valence-electron chi connectivity index (χ2n) is 8.98. The van der Waals surface area contributed by atoms with Gasteiger partial charge in [0.05, 0.1) is 43.1 Å². The molecular weight excluding hydrogens is 511 g/mol. The van der Waals surface area contributed by atoms with Crippen molar-refractivity contribution < 1.29 is 23.5 Å². The third kappa shape index (κ3) is 5.01. The molecule has 0 spiro atoms. The monoisotopic (exact) mass is 534 g/mol. The maximum absolute atomic E-state index is 13.5. The Kier molecular flexibility index (Phi) is 6.94. The number of nitrogens with zero attached hydrogens (tertiary/aromatic N) is 7. The number of Topliss-reactive ketones (excluding diaryl/α,β-unsaturated/α-hetero) is 1. The van der Waals surface area contributed by atoms with Gasteiger partial charge in [0.1, 0.15) is 35.2 Å². The molecule has 200 valence electrons. The predicted molar refractivity (Wildman–Crippen MR) is 134 cm³/mol. The summed E-state index contributed by atoms with van der Waals surface area (Å²) in [5, 5.41) is 14.4. The second kappa shape index (κ2) is 10.5. The molecule has 1 aliphatic heterocycles. The maximum Gasteiger partial charge on any atom is 0.280 e. The molecule has 13 nitrogen and oxygen atoms in total. The highest BCUT2D eigenvalue weighted by Gasteiger charge is 2.37. The van der Waals surface area contributed by atoms with Gasteiger partial charge in [-0.3, -0.25) is 19.2 Å². The van der Waals surface area contributed by atoms with E-state index >= 15 is 0 Å². The number of methoxy groups -OCH3 is 1. The molecule has 2 amide bonds. The molecule has 4 aromatic heterocycles. The number of carbonyl (C=O) groups is 3. The van der Waals surface area contributed by atoms with E-state index in [-0.39, 0.29) is 54.0 Å². The second-order valence-corrected chi connectivity index (χ2v) is 8.98. The third-order valence-electron chi connectivity index (χ3n) is 6.26. The molecule has 0 unspecified atom stereocenters. The first-order valence-electron chi connectivity index (χ1n) is 11.9. The van der Waals surface area contributed by atoms with Gasteiger partial charge in [0.25, 0.3) is 11.5 Å². The minimum absolute atomic E-state index is 0.0165. The molecule has 1 atom stereocenters. The van der Waals surface area contributed by atoms with Gasteiger partial charge in [0, 0.05) is 19.4 Å². The number of nitrogens with one attached hydrogen (secondary N) is 1. The van der Waals surface area contributed by atoms with Crippen molar-refractivity contribution in [3.8, 4) is 0 Å². The molecule has 4 aromatic rings. The predicted octanol–water partition coefficient (Wildman–Crippen LogP) is 0.875. The van der Waals surface area contributed by atoms with E-state index in [2.05, 4.69) is 25.6 Å². The van der Waals surface area contributed by atoms with E-state index < -0.39 is 35.5 Å². The summed E-state index contributed by atoms with van der Waals surface area (Å²) in [7, 11) is 1.50. The Morgan fingerprint density at radius 3 is 2.74 bits per heavy atom. The molecule has 0 aliphatic carbocycles. The zero-order chi connectivity index (χ0) is 27.7. The van der Waals surface area contributed by atoms with Crippen LogP contribution in [0.15, 0.2) is 47.5 Å². The van der Waals surface area contributed by atoms with Gasteiger partial charge >= 0.3 is 0 Å². The highest BCUT2D eigenvalue weighted by molar-refractivity contribution is 6.00. The molecule has 0 saturated carbocycles. The smallest absolute Gasteiger partial charge is 0.280 e. The Morgan fingerprint density at radius 1 is 1.23 bits per heavy atom. The largest absolute Gasteiger partial charge is 0.383 e. The Bertz CT molecular complexity index is 1630. The average Bonchev–Trinajstić information content (AvgIpc) is 3.52. The molecule has 1 aliphatic rings. The molecule has 1 N–H and O–H groups in total. The number of aromatic nitrogens is 6. The number of amides is 2. The zero-order valence-corrected chi connectivity index (χ0v) is 21.0. The van der Waals surface area contributed by atoms with Gasteiger partial charge in [-0.25, -0.2) is 9.37 Å². The lowest BCUT2D eigenvalue weighted by Gasteiger charge is -2.23. The molecule has 5 heterocycles.